The van der Waals surface area contributed by atoms with Gasteiger partial charge in [-0.1, -0.05) is 15.9 Å². The van der Waals surface area contributed by atoms with E-state index in [-0.39, 0.29) is 0 Å². The molecule has 0 saturated heterocycles. The number of rotatable bonds is 1. The van der Waals surface area contributed by atoms with E-state index in [1.807, 2.05) is 0 Å². The Morgan fingerprint density at radius 2 is 2.25 bits per heavy atom. The third-order valence-electron chi connectivity index (χ3n) is 1.42. The van der Waals surface area contributed by atoms with Gasteiger partial charge in [0.2, 0.25) is 0 Å². The molecule has 0 radical (unpaired) electrons. The minimum absolute atomic E-state index is 0.709. The third kappa shape index (κ3) is 1.26. The van der Waals surface area contributed by atoms with Crippen LogP contribution < -0.4 is 0 Å². The summed E-state index contributed by atoms with van der Waals surface area (Å²) in [7, 11) is 0. The minimum atomic E-state index is 0.709. The highest BCUT2D eigenvalue weighted by Gasteiger charge is 2.09. The smallest absolute Gasteiger partial charge is 0.0444 e. The fourth-order valence-electron chi connectivity index (χ4n) is 0.909. The molecule has 8 heavy (non-hydrogen) atoms. The van der Waals surface area contributed by atoms with E-state index in [2.05, 4.69) is 15.9 Å². The second kappa shape index (κ2) is 2.88. The van der Waals surface area contributed by atoms with Gasteiger partial charge in [0.15, 0.2) is 0 Å². The summed E-state index contributed by atoms with van der Waals surface area (Å²) in [5, 5.41) is 0. The lowest BCUT2D eigenvalue weighted by Gasteiger charge is -1.91. The van der Waals surface area contributed by atoms with Crippen molar-refractivity contribution in [1.82, 2.24) is 0 Å². The van der Waals surface area contributed by atoms with E-state index in [1.54, 1.807) is 0 Å². The van der Waals surface area contributed by atoms with Gasteiger partial charge in [-0.15, -0.1) is 11.6 Å². The van der Waals surface area contributed by atoms with Crippen molar-refractivity contribution in [2.75, 3.05) is 5.88 Å². The molecule has 0 fully saturated rings. The molecule has 0 N–H and O–H groups in total. The van der Waals surface area contributed by atoms with E-state index < -0.39 is 0 Å². The number of hydrogen-bond acceptors (Lipinski definition) is 0. The molecule has 0 heterocycles. The summed E-state index contributed by atoms with van der Waals surface area (Å²) >= 11 is 9.07. The Balaban J connectivity index is 2.58. The fourth-order valence-corrected chi connectivity index (χ4v) is 1.98. The van der Waals surface area contributed by atoms with Gasteiger partial charge in [-0.25, -0.2) is 0 Å². The molecule has 46 valence electrons. The highest BCUT2D eigenvalue weighted by molar-refractivity contribution is 9.11. The van der Waals surface area contributed by atoms with Crippen molar-refractivity contribution in [2.45, 2.75) is 19.3 Å². The first-order valence-corrected chi connectivity index (χ1v) is 4.09. The maximum atomic E-state index is 5.61. The SMILES string of the molecule is ClCC1=C(Br)CCC1. The van der Waals surface area contributed by atoms with E-state index in [0.29, 0.717) is 5.88 Å². The van der Waals surface area contributed by atoms with Crippen LogP contribution in [0.25, 0.3) is 0 Å². The molecule has 0 bridgehead atoms. The van der Waals surface area contributed by atoms with Crippen LogP contribution in [0.4, 0.5) is 0 Å². The molecule has 0 aliphatic heterocycles. The molecule has 0 unspecified atom stereocenters. The molecule has 0 nitrogen and oxygen atoms in total. The molecular weight excluding hydrogens is 187 g/mol. The molecule has 0 aromatic carbocycles. The van der Waals surface area contributed by atoms with Crippen LogP contribution in [0.5, 0.6) is 0 Å². The van der Waals surface area contributed by atoms with Gasteiger partial charge in [-0.2, -0.15) is 0 Å². The normalized spacial score (nSPS) is 20.2. The van der Waals surface area contributed by atoms with E-state index in [9.17, 15) is 0 Å². The van der Waals surface area contributed by atoms with Crippen molar-refractivity contribution in [3.8, 4) is 0 Å². The number of allylic oxidation sites excluding steroid dienone is 2. The maximum Gasteiger partial charge on any atom is 0.0444 e. The van der Waals surface area contributed by atoms with Crippen LogP contribution >= 0.6 is 27.5 Å². The summed E-state index contributed by atoms with van der Waals surface area (Å²) in [6.07, 6.45) is 3.68. The Bertz CT molecular complexity index is 118. The Hall–Kier alpha value is 0.510. The van der Waals surface area contributed by atoms with Crippen LogP contribution in [0, 0.1) is 0 Å². The summed E-state index contributed by atoms with van der Waals surface area (Å²) in [6.45, 7) is 0. The van der Waals surface area contributed by atoms with E-state index in [0.717, 1.165) is 0 Å². The number of hydrogen-bond donors (Lipinski definition) is 0. The van der Waals surface area contributed by atoms with Gasteiger partial charge in [0.25, 0.3) is 0 Å². The largest absolute Gasteiger partial charge is 0.122 e. The average molecular weight is 195 g/mol. The van der Waals surface area contributed by atoms with Crippen molar-refractivity contribution in [3.63, 3.8) is 0 Å². The predicted octanol–water partition coefficient (Wildman–Crippen LogP) is 3.06. The molecule has 0 atom stereocenters. The summed E-state index contributed by atoms with van der Waals surface area (Å²) in [5.74, 6) is 0.709. The maximum absolute atomic E-state index is 5.61. The van der Waals surface area contributed by atoms with Gasteiger partial charge >= 0.3 is 0 Å². The monoisotopic (exact) mass is 194 g/mol. The van der Waals surface area contributed by atoms with E-state index in [4.69, 9.17) is 11.6 Å². The molecular formula is C6H8BrCl. The minimum Gasteiger partial charge on any atom is -0.122 e. The van der Waals surface area contributed by atoms with Crippen LogP contribution in [0.15, 0.2) is 10.1 Å². The third-order valence-corrected chi connectivity index (χ3v) is 2.70. The van der Waals surface area contributed by atoms with Gasteiger partial charge in [0.05, 0.1) is 0 Å². The van der Waals surface area contributed by atoms with Crippen molar-refractivity contribution in [3.05, 3.63) is 10.1 Å². The molecule has 2 heteroatoms. The highest BCUT2D eigenvalue weighted by atomic mass is 79.9. The van der Waals surface area contributed by atoms with Crippen molar-refractivity contribution >= 4 is 27.5 Å². The predicted molar refractivity (Wildman–Crippen MR) is 40.5 cm³/mol. The van der Waals surface area contributed by atoms with Crippen LogP contribution in [0.1, 0.15) is 19.3 Å². The molecule has 0 saturated carbocycles. The van der Waals surface area contributed by atoms with Crippen molar-refractivity contribution < 1.29 is 0 Å². The second-order valence-electron chi connectivity index (χ2n) is 2.00. The van der Waals surface area contributed by atoms with E-state index >= 15 is 0 Å². The number of alkyl halides is 1. The lowest BCUT2D eigenvalue weighted by Crippen LogP contribution is -1.77. The van der Waals surface area contributed by atoms with Gasteiger partial charge in [-0.3, -0.25) is 0 Å². The van der Waals surface area contributed by atoms with Gasteiger partial charge in [0, 0.05) is 5.88 Å². The van der Waals surface area contributed by atoms with Gasteiger partial charge in [-0.05, 0) is 29.3 Å². The molecule has 1 aliphatic rings. The van der Waals surface area contributed by atoms with Crippen molar-refractivity contribution in [1.29, 1.82) is 0 Å². The fraction of sp³-hybridized carbons (Fsp3) is 0.667. The standard InChI is InChI=1S/C6H8BrCl/c7-6-3-1-2-5(6)4-8/h1-4H2. The van der Waals surface area contributed by atoms with Crippen LogP contribution in [-0.2, 0) is 0 Å². The number of halogens is 2. The molecule has 1 rings (SSSR count). The Labute approximate surface area is 63.0 Å². The molecule has 0 amide bonds. The zero-order valence-electron chi connectivity index (χ0n) is 4.58. The first kappa shape index (κ1) is 6.63. The summed E-state index contributed by atoms with van der Waals surface area (Å²) in [4.78, 5) is 0. The van der Waals surface area contributed by atoms with Crippen molar-refractivity contribution in [2.24, 2.45) is 0 Å². The van der Waals surface area contributed by atoms with Gasteiger partial charge < -0.3 is 0 Å². The lowest BCUT2D eigenvalue weighted by molar-refractivity contribution is 0.906. The quantitative estimate of drug-likeness (QED) is 0.564. The Kier molecular flexibility index (Phi) is 2.39. The lowest BCUT2D eigenvalue weighted by atomic mass is 10.3. The Morgan fingerprint density at radius 3 is 2.50 bits per heavy atom. The van der Waals surface area contributed by atoms with Crippen LogP contribution in [0.2, 0.25) is 0 Å². The summed E-state index contributed by atoms with van der Waals surface area (Å²) in [5.41, 5.74) is 1.40. The molecule has 0 aromatic rings. The van der Waals surface area contributed by atoms with Crippen LogP contribution in [-0.4, -0.2) is 5.88 Å². The van der Waals surface area contributed by atoms with E-state index in [1.165, 1.54) is 29.3 Å². The highest BCUT2D eigenvalue weighted by Crippen LogP contribution is 2.30. The topological polar surface area (TPSA) is 0 Å². The first-order chi connectivity index (χ1) is 3.84. The second-order valence-corrected chi connectivity index (χ2v) is 3.22. The van der Waals surface area contributed by atoms with Gasteiger partial charge in [0.1, 0.15) is 0 Å². The zero-order valence-corrected chi connectivity index (χ0v) is 6.93. The summed E-state index contributed by atoms with van der Waals surface area (Å²) in [6, 6.07) is 0. The molecule has 0 aromatic heterocycles. The summed E-state index contributed by atoms with van der Waals surface area (Å²) < 4.78 is 1.34. The average Bonchev–Trinajstić information content (AvgIpc) is 2.14. The molecule has 1 aliphatic carbocycles. The molecule has 0 spiro atoms. The van der Waals surface area contributed by atoms with Crippen LogP contribution in [0.3, 0.4) is 0 Å². The zero-order chi connectivity index (χ0) is 5.98. The first-order valence-electron chi connectivity index (χ1n) is 2.77. The Morgan fingerprint density at radius 1 is 1.50 bits per heavy atom.